The Balaban J connectivity index is 2.13. The molecule has 3 aromatic rings. The van der Waals surface area contributed by atoms with Gasteiger partial charge in [-0.3, -0.25) is 10.1 Å². The number of nitrogens with one attached hydrogen (secondary N) is 1. The summed E-state index contributed by atoms with van der Waals surface area (Å²) in [4.78, 5) is 15.4. The van der Waals surface area contributed by atoms with Gasteiger partial charge in [0, 0.05) is 31.1 Å². The first-order valence-corrected chi connectivity index (χ1v) is 8.10. The molecule has 0 aliphatic heterocycles. The quantitative estimate of drug-likeness (QED) is 0.531. The second kappa shape index (κ2) is 7.58. The van der Waals surface area contributed by atoms with Crippen LogP contribution in [0.5, 0.6) is 5.75 Å². The van der Waals surface area contributed by atoms with E-state index in [0.717, 1.165) is 5.56 Å². The number of nitro benzene ring substituents is 1. The van der Waals surface area contributed by atoms with E-state index in [4.69, 9.17) is 10.00 Å². The Morgan fingerprint density at radius 2 is 2.11 bits per heavy atom. The smallest absolute Gasteiger partial charge is 0.293 e. The lowest BCUT2D eigenvalue weighted by atomic mass is 10.0. The van der Waals surface area contributed by atoms with Crippen molar-refractivity contribution in [2.45, 2.75) is 6.04 Å². The Morgan fingerprint density at radius 1 is 1.33 bits per heavy atom. The average molecular weight is 363 g/mol. The van der Waals surface area contributed by atoms with Gasteiger partial charge in [-0.2, -0.15) is 5.26 Å². The molecule has 0 bridgehead atoms. The summed E-state index contributed by atoms with van der Waals surface area (Å²) >= 11 is 0. The number of methoxy groups -OCH3 is 1. The maximum absolute atomic E-state index is 11.5. The fourth-order valence-electron chi connectivity index (χ4n) is 2.87. The zero-order valence-corrected chi connectivity index (χ0v) is 14.8. The molecule has 2 aromatic carbocycles. The van der Waals surface area contributed by atoms with Crippen LogP contribution < -0.4 is 10.1 Å². The second-order valence-electron chi connectivity index (χ2n) is 5.82. The topological polar surface area (TPSA) is 106 Å². The lowest BCUT2D eigenvalue weighted by Gasteiger charge is -2.22. The lowest BCUT2D eigenvalue weighted by molar-refractivity contribution is -0.384. The van der Waals surface area contributed by atoms with Crippen LogP contribution in [-0.4, -0.2) is 21.6 Å². The predicted octanol–water partition coefficient (Wildman–Crippen LogP) is 3.41. The first-order chi connectivity index (χ1) is 13.0. The molecular formula is C19H17N5O3. The summed E-state index contributed by atoms with van der Waals surface area (Å²) < 4.78 is 7.30. The Labute approximate surface area is 155 Å². The number of rotatable bonds is 6. The maximum Gasteiger partial charge on any atom is 0.293 e. The van der Waals surface area contributed by atoms with Crippen molar-refractivity contribution in [3.8, 4) is 11.8 Å². The van der Waals surface area contributed by atoms with Crippen LogP contribution >= 0.6 is 0 Å². The van der Waals surface area contributed by atoms with E-state index >= 15 is 0 Å². The maximum atomic E-state index is 11.5. The molecule has 1 heterocycles. The van der Waals surface area contributed by atoms with Crippen molar-refractivity contribution in [2.75, 3.05) is 12.4 Å². The number of nitro groups is 1. The van der Waals surface area contributed by atoms with E-state index in [1.54, 1.807) is 19.5 Å². The number of aromatic nitrogens is 2. The normalized spacial score (nSPS) is 11.4. The van der Waals surface area contributed by atoms with Gasteiger partial charge in [0.15, 0.2) is 0 Å². The van der Waals surface area contributed by atoms with E-state index in [0.29, 0.717) is 11.6 Å². The molecule has 1 N–H and O–H groups in total. The fraction of sp³-hybridized carbons (Fsp3) is 0.158. The Bertz CT molecular complexity index is 1020. The van der Waals surface area contributed by atoms with E-state index in [9.17, 15) is 10.1 Å². The van der Waals surface area contributed by atoms with Gasteiger partial charge in [-0.05, 0) is 18.2 Å². The van der Waals surface area contributed by atoms with Gasteiger partial charge in [0.1, 0.15) is 23.3 Å². The molecule has 136 valence electrons. The number of benzene rings is 2. The zero-order valence-electron chi connectivity index (χ0n) is 14.8. The van der Waals surface area contributed by atoms with Gasteiger partial charge in [-0.15, -0.1) is 0 Å². The molecule has 3 rings (SSSR count). The monoisotopic (exact) mass is 363 g/mol. The minimum Gasteiger partial charge on any atom is -0.496 e. The number of nitriles is 1. The van der Waals surface area contributed by atoms with E-state index in [2.05, 4.69) is 10.3 Å². The number of anilines is 1. The van der Waals surface area contributed by atoms with Crippen LogP contribution in [0.4, 0.5) is 11.4 Å². The molecule has 0 aliphatic rings. The number of hydrogen-bond acceptors (Lipinski definition) is 6. The van der Waals surface area contributed by atoms with Crippen LogP contribution in [-0.2, 0) is 7.05 Å². The van der Waals surface area contributed by atoms with Crippen molar-refractivity contribution in [3.05, 3.63) is 81.9 Å². The molecule has 0 unspecified atom stereocenters. The largest absolute Gasteiger partial charge is 0.496 e. The van der Waals surface area contributed by atoms with Crippen molar-refractivity contribution in [1.82, 2.24) is 9.55 Å². The van der Waals surface area contributed by atoms with Crippen LogP contribution in [0.3, 0.4) is 0 Å². The number of aryl methyl sites for hydroxylation is 1. The van der Waals surface area contributed by atoms with Gasteiger partial charge in [0.2, 0.25) is 0 Å². The van der Waals surface area contributed by atoms with Gasteiger partial charge in [0.25, 0.3) is 5.69 Å². The van der Waals surface area contributed by atoms with Crippen LogP contribution in [0.1, 0.15) is 23.0 Å². The summed E-state index contributed by atoms with van der Waals surface area (Å²) in [7, 11) is 3.41. The van der Waals surface area contributed by atoms with Crippen LogP contribution in [0.25, 0.3) is 0 Å². The molecule has 27 heavy (non-hydrogen) atoms. The molecule has 0 radical (unpaired) electrons. The highest BCUT2D eigenvalue weighted by atomic mass is 16.6. The standard InChI is InChI=1S/C19H17N5O3/c1-23-10-9-21-19(23)18(14-5-3-4-6-17(14)27-2)22-15-8-7-13(12-20)11-16(15)24(25)26/h3-11,18,22H,1-2H3/t18-/m0/s1. The first kappa shape index (κ1) is 17.9. The van der Waals surface area contributed by atoms with E-state index in [-0.39, 0.29) is 16.9 Å². The highest BCUT2D eigenvalue weighted by Crippen LogP contribution is 2.35. The molecule has 0 amide bonds. The van der Waals surface area contributed by atoms with Crippen molar-refractivity contribution < 1.29 is 9.66 Å². The van der Waals surface area contributed by atoms with Crippen LogP contribution in [0.15, 0.2) is 54.9 Å². The lowest BCUT2D eigenvalue weighted by Crippen LogP contribution is -2.18. The molecule has 0 saturated heterocycles. The average Bonchev–Trinajstić information content (AvgIpc) is 3.11. The minimum atomic E-state index is -0.513. The summed E-state index contributed by atoms with van der Waals surface area (Å²) in [5.74, 6) is 1.30. The van der Waals surface area contributed by atoms with Gasteiger partial charge < -0.3 is 14.6 Å². The molecule has 0 spiro atoms. The highest BCUT2D eigenvalue weighted by Gasteiger charge is 2.25. The highest BCUT2D eigenvalue weighted by molar-refractivity contribution is 5.65. The molecular weight excluding hydrogens is 346 g/mol. The third kappa shape index (κ3) is 3.57. The van der Waals surface area contributed by atoms with Gasteiger partial charge in [0.05, 0.1) is 23.7 Å². The fourth-order valence-corrected chi connectivity index (χ4v) is 2.87. The zero-order chi connectivity index (χ0) is 19.4. The molecule has 1 aromatic heterocycles. The summed E-state index contributed by atoms with van der Waals surface area (Å²) in [5.41, 5.74) is 1.12. The van der Waals surface area contributed by atoms with Gasteiger partial charge in [-0.1, -0.05) is 18.2 Å². The summed E-state index contributed by atoms with van der Waals surface area (Å²) in [5, 5.41) is 23.7. The predicted molar refractivity (Wildman–Crippen MR) is 99.5 cm³/mol. The molecule has 0 fully saturated rings. The third-order valence-electron chi connectivity index (χ3n) is 4.19. The van der Waals surface area contributed by atoms with Crippen molar-refractivity contribution in [2.24, 2.45) is 7.05 Å². The molecule has 8 nitrogen and oxygen atoms in total. The van der Waals surface area contributed by atoms with E-state index in [1.165, 1.54) is 18.2 Å². The van der Waals surface area contributed by atoms with E-state index < -0.39 is 11.0 Å². The molecule has 8 heteroatoms. The minimum absolute atomic E-state index is 0.178. The van der Waals surface area contributed by atoms with Crippen molar-refractivity contribution in [3.63, 3.8) is 0 Å². The Kier molecular flexibility index (Phi) is 5.04. The molecule has 1 atom stereocenters. The number of hydrogen-bond donors (Lipinski definition) is 1. The Morgan fingerprint density at radius 3 is 2.74 bits per heavy atom. The van der Waals surface area contributed by atoms with Gasteiger partial charge >= 0.3 is 0 Å². The SMILES string of the molecule is COc1ccccc1[C@H](Nc1ccc(C#N)cc1[N+](=O)[O-])c1nccn1C. The third-order valence-corrected chi connectivity index (χ3v) is 4.19. The number of nitrogens with zero attached hydrogens (tertiary/aromatic N) is 4. The van der Waals surface area contributed by atoms with Gasteiger partial charge in [-0.25, -0.2) is 4.98 Å². The summed E-state index contributed by atoms with van der Waals surface area (Å²) in [6, 6.07) is 13.2. The van der Waals surface area contributed by atoms with Crippen molar-refractivity contribution >= 4 is 11.4 Å². The second-order valence-corrected chi connectivity index (χ2v) is 5.82. The van der Waals surface area contributed by atoms with Crippen LogP contribution in [0.2, 0.25) is 0 Å². The number of ether oxygens (including phenoxy) is 1. The number of imidazole rings is 1. The van der Waals surface area contributed by atoms with Crippen molar-refractivity contribution in [1.29, 1.82) is 5.26 Å². The Hall–Kier alpha value is -3.86. The van der Waals surface area contributed by atoms with E-state index in [1.807, 2.05) is 41.9 Å². The summed E-state index contributed by atoms with van der Waals surface area (Å²) in [6.07, 6.45) is 3.46. The summed E-state index contributed by atoms with van der Waals surface area (Å²) in [6.45, 7) is 0. The van der Waals surface area contributed by atoms with Crippen LogP contribution in [0, 0.1) is 21.4 Å². The molecule has 0 aliphatic carbocycles. The first-order valence-electron chi connectivity index (χ1n) is 8.10. The number of para-hydroxylation sites is 1. The molecule has 0 saturated carbocycles.